The van der Waals surface area contributed by atoms with Gasteiger partial charge < -0.3 is 10.2 Å². The molecule has 0 radical (unpaired) electrons. The Morgan fingerprint density at radius 2 is 1.50 bits per heavy atom. The predicted octanol–water partition coefficient (Wildman–Crippen LogP) is 6.61. The fourth-order valence-electron chi connectivity index (χ4n) is 4.12. The Morgan fingerprint density at radius 1 is 0.861 bits per heavy atom. The number of nitrogens with zero attached hydrogens (tertiary/aromatic N) is 1. The number of rotatable bonds is 9. The van der Waals surface area contributed by atoms with Gasteiger partial charge in [0.05, 0.1) is 10.0 Å². The van der Waals surface area contributed by atoms with Crippen molar-refractivity contribution in [3.63, 3.8) is 0 Å². The van der Waals surface area contributed by atoms with E-state index in [1.165, 1.54) is 5.56 Å². The van der Waals surface area contributed by atoms with Gasteiger partial charge in [0.1, 0.15) is 6.04 Å². The molecule has 0 aliphatic carbocycles. The third-order valence-electron chi connectivity index (χ3n) is 6.30. The Morgan fingerprint density at radius 3 is 2.08 bits per heavy atom. The molecule has 0 aliphatic rings. The lowest BCUT2D eigenvalue weighted by molar-refractivity contribution is -0.141. The molecule has 4 nitrogen and oxygen atoms in total. The van der Waals surface area contributed by atoms with Gasteiger partial charge in [0, 0.05) is 26.4 Å². The number of carbonyl (C=O) groups is 2. The molecule has 1 atom stereocenters. The van der Waals surface area contributed by atoms with Gasteiger partial charge in [-0.2, -0.15) is 0 Å². The number of aryl methyl sites for hydroxylation is 1. The SMILES string of the molecule is CNC(=O)[C@H](Cc1ccccc1)N(Cc1ccc(Cl)c(Cl)c1)C(=O)CCc1ccc(C(C)(C)C)cc1. The lowest BCUT2D eigenvalue weighted by Gasteiger charge is -2.31. The molecule has 6 heteroatoms. The lowest BCUT2D eigenvalue weighted by Crippen LogP contribution is -2.49. The van der Waals surface area contributed by atoms with Crippen molar-refractivity contribution in [2.24, 2.45) is 0 Å². The monoisotopic (exact) mass is 524 g/mol. The molecule has 0 heterocycles. The van der Waals surface area contributed by atoms with E-state index in [1.54, 1.807) is 24.1 Å². The average Bonchev–Trinajstić information content (AvgIpc) is 2.86. The van der Waals surface area contributed by atoms with Gasteiger partial charge in [0.15, 0.2) is 0 Å². The predicted molar refractivity (Wildman–Crippen MR) is 148 cm³/mol. The van der Waals surface area contributed by atoms with Gasteiger partial charge in [0.25, 0.3) is 0 Å². The van der Waals surface area contributed by atoms with Crippen molar-refractivity contribution in [1.29, 1.82) is 0 Å². The number of hydrogen-bond donors (Lipinski definition) is 1. The topological polar surface area (TPSA) is 49.4 Å². The summed E-state index contributed by atoms with van der Waals surface area (Å²) in [5.74, 6) is -0.299. The van der Waals surface area contributed by atoms with Gasteiger partial charge in [-0.1, -0.05) is 105 Å². The van der Waals surface area contributed by atoms with Crippen LogP contribution in [0.4, 0.5) is 0 Å². The molecule has 3 aromatic carbocycles. The van der Waals surface area contributed by atoms with Crippen LogP contribution >= 0.6 is 23.2 Å². The first-order valence-corrected chi connectivity index (χ1v) is 12.9. The molecule has 0 saturated heterocycles. The molecular weight excluding hydrogens is 491 g/mol. The van der Waals surface area contributed by atoms with Crippen LogP contribution in [0.1, 0.15) is 49.4 Å². The highest BCUT2D eigenvalue weighted by atomic mass is 35.5. The van der Waals surface area contributed by atoms with Crippen LogP contribution in [0.15, 0.2) is 72.8 Å². The molecule has 3 rings (SSSR count). The molecule has 36 heavy (non-hydrogen) atoms. The van der Waals surface area contributed by atoms with Gasteiger partial charge in [-0.25, -0.2) is 0 Å². The van der Waals surface area contributed by atoms with Gasteiger partial charge in [-0.3, -0.25) is 9.59 Å². The zero-order valence-electron chi connectivity index (χ0n) is 21.4. The Hall–Kier alpha value is -2.82. The zero-order chi connectivity index (χ0) is 26.3. The summed E-state index contributed by atoms with van der Waals surface area (Å²) in [7, 11) is 1.60. The number of hydrogen-bond acceptors (Lipinski definition) is 2. The Labute approximate surface area is 224 Å². The summed E-state index contributed by atoms with van der Waals surface area (Å²) in [6.07, 6.45) is 1.29. The minimum absolute atomic E-state index is 0.0726. The van der Waals surface area contributed by atoms with Crippen LogP contribution in [0.3, 0.4) is 0 Å². The van der Waals surface area contributed by atoms with Crippen molar-refractivity contribution in [2.75, 3.05) is 7.05 Å². The van der Waals surface area contributed by atoms with Crippen LogP contribution < -0.4 is 5.32 Å². The minimum atomic E-state index is -0.664. The molecule has 0 fully saturated rings. The second-order valence-corrected chi connectivity index (χ2v) is 10.9. The van der Waals surface area contributed by atoms with E-state index in [2.05, 4.69) is 50.4 Å². The van der Waals surface area contributed by atoms with E-state index >= 15 is 0 Å². The fraction of sp³-hybridized carbons (Fsp3) is 0.333. The minimum Gasteiger partial charge on any atom is -0.357 e. The maximum atomic E-state index is 13.6. The highest BCUT2D eigenvalue weighted by Crippen LogP contribution is 2.25. The molecule has 0 aliphatic heterocycles. The zero-order valence-corrected chi connectivity index (χ0v) is 22.9. The van der Waals surface area contributed by atoms with Gasteiger partial charge in [-0.05, 0) is 46.2 Å². The van der Waals surface area contributed by atoms with Crippen molar-refractivity contribution in [3.8, 4) is 0 Å². The molecule has 3 aromatic rings. The first-order valence-electron chi connectivity index (χ1n) is 12.2. The second kappa shape index (κ2) is 12.4. The number of carbonyl (C=O) groups excluding carboxylic acids is 2. The highest BCUT2D eigenvalue weighted by molar-refractivity contribution is 6.42. The highest BCUT2D eigenvalue weighted by Gasteiger charge is 2.29. The summed E-state index contributed by atoms with van der Waals surface area (Å²) in [5, 5.41) is 3.61. The van der Waals surface area contributed by atoms with E-state index in [0.717, 1.165) is 16.7 Å². The van der Waals surface area contributed by atoms with Crippen LogP contribution in [0.25, 0.3) is 0 Å². The van der Waals surface area contributed by atoms with Crippen LogP contribution in [0.5, 0.6) is 0 Å². The molecule has 2 amide bonds. The third kappa shape index (κ3) is 7.59. The van der Waals surface area contributed by atoms with E-state index < -0.39 is 6.04 Å². The average molecular weight is 526 g/mol. The van der Waals surface area contributed by atoms with Gasteiger partial charge in [0.2, 0.25) is 11.8 Å². The molecule has 0 aromatic heterocycles. The first kappa shape index (κ1) is 27.8. The van der Waals surface area contributed by atoms with Crippen molar-refractivity contribution < 1.29 is 9.59 Å². The molecule has 0 spiro atoms. The summed E-state index contributed by atoms with van der Waals surface area (Å²) in [6.45, 7) is 6.79. The number of halogens is 2. The van der Waals surface area contributed by atoms with E-state index in [9.17, 15) is 9.59 Å². The summed E-state index contributed by atoms with van der Waals surface area (Å²) in [6, 6.07) is 22.8. The summed E-state index contributed by atoms with van der Waals surface area (Å²) < 4.78 is 0. The number of benzene rings is 3. The normalized spacial score (nSPS) is 12.2. The van der Waals surface area contributed by atoms with Crippen LogP contribution in [-0.2, 0) is 34.4 Å². The molecule has 0 bridgehead atoms. The van der Waals surface area contributed by atoms with Crippen molar-refractivity contribution in [3.05, 3.63) is 105 Å². The van der Waals surface area contributed by atoms with E-state index in [1.807, 2.05) is 36.4 Å². The van der Waals surface area contributed by atoms with Crippen molar-refractivity contribution >= 4 is 35.0 Å². The molecule has 0 unspecified atom stereocenters. The van der Waals surface area contributed by atoms with Gasteiger partial charge in [-0.15, -0.1) is 0 Å². The Kier molecular flexibility index (Phi) is 9.58. The second-order valence-electron chi connectivity index (χ2n) is 10.0. The molecule has 190 valence electrons. The quantitative estimate of drug-likeness (QED) is 0.342. The van der Waals surface area contributed by atoms with E-state index in [4.69, 9.17) is 23.2 Å². The number of amides is 2. The van der Waals surface area contributed by atoms with E-state index in [0.29, 0.717) is 29.3 Å². The lowest BCUT2D eigenvalue weighted by atomic mass is 9.86. The first-order chi connectivity index (χ1) is 17.1. The van der Waals surface area contributed by atoms with E-state index in [-0.39, 0.29) is 23.8 Å². The third-order valence-corrected chi connectivity index (χ3v) is 7.04. The maximum Gasteiger partial charge on any atom is 0.242 e. The molecule has 1 N–H and O–H groups in total. The number of nitrogens with one attached hydrogen (secondary N) is 1. The summed E-state index contributed by atoms with van der Waals surface area (Å²) in [4.78, 5) is 28.3. The Balaban J connectivity index is 1.86. The standard InChI is InChI=1S/C30H34Cl2N2O2/c1-30(2,3)24-14-10-21(11-15-24)13-17-28(35)34(20-23-12-16-25(31)26(32)18-23)27(29(36)33-4)19-22-8-6-5-7-9-22/h5-12,14-16,18,27H,13,17,19-20H2,1-4H3,(H,33,36)/t27-/m0/s1. The summed E-state index contributed by atoms with van der Waals surface area (Å²) >= 11 is 12.3. The Bertz CT molecular complexity index is 1170. The molecule has 0 saturated carbocycles. The van der Waals surface area contributed by atoms with Gasteiger partial charge >= 0.3 is 0 Å². The largest absolute Gasteiger partial charge is 0.357 e. The maximum absolute atomic E-state index is 13.6. The molecular formula is C30H34Cl2N2O2. The van der Waals surface area contributed by atoms with Crippen molar-refractivity contribution in [2.45, 2.75) is 58.0 Å². The van der Waals surface area contributed by atoms with Crippen molar-refractivity contribution in [1.82, 2.24) is 10.2 Å². The number of likely N-dealkylation sites (N-methyl/N-ethyl adjacent to an activating group) is 1. The van der Waals surface area contributed by atoms with Crippen LogP contribution in [-0.4, -0.2) is 29.8 Å². The smallest absolute Gasteiger partial charge is 0.242 e. The fourth-order valence-corrected chi connectivity index (χ4v) is 4.44. The summed E-state index contributed by atoms with van der Waals surface area (Å²) in [5.41, 5.74) is 4.21. The van der Waals surface area contributed by atoms with Crippen LogP contribution in [0.2, 0.25) is 10.0 Å². The van der Waals surface area contributed by atoms with Crippen LogP contribution in [0, 0.1) is 0 Å².